The molecule has 0 atom stereocenters. The Hall–Kier alpha value is -3.65. The number of methoxy groups -OCH3 is 1. The quantitative estimate of drug-likeness (QED) is 0.423. The first-order chi connectivity index (χ1) is 14.8. The van der Waals surface area contributed by atoms with Gasteiger partial charge in [0.2, 0.25) is 0 Å². The van der Waals surface area contributed by atoms with Crippen LogP contribution in [0.1, 0.15) is 26.3 Å². The standard InChI is InChI=1S/C23H21NO6S/c1-16-6-10-19(11-7-16)24-31(27,28)21-12-8-17(9-13-21)23(26)30-15-22(25)18-4-3-5-20(14-18)29-2/h3-14,24H,15H2,1-2H3. The molecule has 0 saturated carbocycles. The second-order valence-electron chi connectivity index (χ2n) is 6.73. The zero-order valence-electron chi connectivity index (χ0n) is 17.0. The van der Waals surface area contributed by atoms with Gasteiger partial charge in [0.05, 0.1) is 17.6 Å². The summed E-state index contributed by atoms with van der Waals surface area (Å²) >= 11 is 0. The van der Waals surface area contributed by atoms with E-state index in [1.165, 1.54) is 31.4 Å². The zero-order chi connectivity index (χ0) is 22.4. The van der Waals surface area contributed by atoms with Crippen molar-refractivity contribution in [3.8, 4) is 5.75 Å². The highest BCUT2D eigenvalue weighted by Gasteiger charge is 2.17. The number of carbonyl (C=O) groups excluding carboxylic acids is 2. The van der Waals surface area contributed by atoms with Crippen molar-refractivity contribution < 1.29 is 27.5 Å². The molecule has 8 heteroatoms. The van der Waals surface area contributed by atoms with Crippen LogP contribution in [0.2, 0.25) is 0 Å². The zero-order valence-corrected chi connectivity index (χ0v) is 17.8. The summed E-state index contributed by atoms with van der Waals surface area (Å²) < 4.78 is 37.6. The summed E-state index contributed by atoms with van der Waals surface area (Å²) in [5, 5.41) is 0. The second-order valence-corrected chi connectivity index (χ2v) is 8.41. The number of ketones is 1. The Morgan fingerprint density at radius 2 is 1.58 bits per heavy atom. The number of benzene rings is 3. The smallest absolute Gasteiger partial charge is 0.338 e. The SMILES string of the molecule is COc1cccc(C(=O)COC(=O)c2ccc(S(=O)(=O)Nc3ccc(C)cc3)cc2)c1. The molecule has 0 aliphatic rings. The molecule has 31 heavy (non-hydrogen) atoms. The van der Waals surface area contributed by atoms with E-state index in [2.05, 4.69) is 4.72 Å². The predicted molar refractivity (Wildman–Crippen MR) is 116 cm³/mol. The van der Waals surface area contributed by atoms with Gasteiger partial charge in [0.25, 0.3) is 10.0 Å². The maximum Gasteiger partial charge on any atom is 0.338 e. The van der Waals surface area contributed by atoms with Crippen LogP contribution in [-0.2, 0) is 14.8 Å². The van der Waals surface area contributed by atoms with Gasteiger partial charge in [0.1, 0.15) is 5.75 Å². The van der Waals surface area contributed by atoms with E-state index in [4.69, 9.17) is 9.47 Å². The highest BCUT2D eigenvalue weighted by molar-refractivity contribution is 7.92. The number of aryl methyl sites for hydroxylation is 1. The van der Waals surface area contributed by atoms with Gasteiger partial charge in [-0.3, -0.25) is 9.52 Å². The number of anilines is 1. The Balaban J connectivity index is 1.62. The van der Waals surface area contributed by atoms with Crippen molar-refractivity contribution in [1.82, 2.24) is 0 Å². The minimum absolute atomic E-state index is 0.00270. The summed E-state index contributed by atoms with van der Waals surface area (Å²) in [6, 6.07) is 18.7. The summed E-state index contributed by atoms with van der Waals surface area (Å²) in [7, 11) is -2.32. The Kier molecular flexibility index (Phi) is 6.71. The minimum atomic E-state index is -3.81. The van der Waals surface area contributed by atoms with Crippen LogP contribution in [0, 0.1) is 6.92 Å². The average Bonchev–Trinajstić information content (AvgIpc) is 2.78. The number of ether oxygens (including phenoxy) is 2. The fraction of sp³-hybridized carbons (Fsp3) is 0.130. The molecule has 0 spiro atoms. The first-order valence-electron chi connectivity index (χ1n) is 9.32. The van der Waals surface area contributed by atoms with Gasteiger partial charge in [-0.05, 0) is 55.5 Å². The lowest BCUT2D eigenvalue weighted by molar-refractivity contribution is 0.0474. The molecule has 0 aliphatic carbocycles. The summed E-state index contributed by atoms with van der Waals surface area (Å²) in [5.74, 6) is -0.589. The molecule has 1 N–H and O–H groups in total. The molecular weight excluding hydrogens is 418 g/mol. The van der Waals surface area contributed by atoms with Crippen molar-refractivity contribution in [3.05, 3.63) is 89.5 Å². The second kappa shape index (κ2) is 9.44. The summed E-state index contributed by atoms with van der Waals surface area (Å²) in [5.41, 5.74) is 1.93. The molecular formula is C23H21NO6S. The van der Waals surface area contributed by atoms with Gasteiger partial charge in [0.15, 0.2) is 12.4 Å². The van der Waals surface area contributed by atoms with Crippen LogP contribution in [0.5, 0.6) is 5.75 Å². The Bertz CT molecular complexity index is 1190. The fourth-order valence-electron chi connectivity index (χ4n) is 2.70. The lowest BCUT2D eigenvalue weighted by Crippen LogP contribution is -2.15. The number of carbonyl (C=O) groups is 2. The van der Waals surface area contributed by atoms with Crippen molar-refractivity contribution >= 4 is 27.5 Å². The van der Waals surface area contributed by atoms with Crippen molar-refractivity contribution in [2.75, 3.05) is 18.4 Å². The van der Waals surface area contributed by atoms with Crippen LogP contribution >= 0.6 is 0 Å². The molecule has 7 nitrogen and oxygen atoms in total. The maximum absolute atomic E-state index is 12.5. The molecule has 0 heterocycles. The number of rotatable bonds is 8. The van der Waals surface area contributed by atoms with Crippen molar-refractivity contribution in [3.63, 3.8) is 0 Å². The van der Waals surface area contributed by atoms with E-state index in [-0.39, 0.29) is 16.2 Å². The third-order valence-electron chi connectivity index (χ3n) is 4.43. The first-order valence-corrected chi connectivity index (χ1v) is 10.8. The summed E-state index contributed by atoms with van der Waals surface area (Å²) in [4.78, 5) is 24.4. The van der Waals surface area contributed by atoms with Crippen LogP contribution in [-0.4, -0.2) is 33.9 Å². The largest absolute Gasteiger partial charge is 0.497 e. The molecule has 160 valence electrons. The Labute approximate surface area is 180 Å². The molecule has 0 unspecified atom stereocenters. The van der Waals surface area contributed by atoms with Gasteiger partial charge in [-0.25, -0.2) is 13.2 Å². The number of nitrogens with one attached hydrogen (secondary N) is 1. The first kappa shape index (κ1) is 22.0. The van der Waals surface area contributed by atoms with E-state index in [0.29, 0.717) is 17.0 Å². The predicted octanol–water partition coefficient (Wildman–Crippen LogP) is 3.84. The number of Topliss-reactive ketones (excluding diaryl/α,β-unsaturated/α-hetero) is 1. The Morgan fingerprint density at radius 1 is 0.903 bits per heavy atom. The molecule has 0 bridgehead atoms. The summed E-state index contributed by atoms with van der Waals surface area (Å²) in [6.45, 7) is 1.46. The van der Waals surface area contributed by atoms with Crippen molar-refractivity contribution in [2.45, 2.75) is 11.8 Å². The maximum atomic E-state index is 12.5. The van der Waals surface area contributed by atoms with Crippen molar-refractivity contribution in [1.29, 1.82) is 0 Å². The molecule has 0 saturated heterocycles. The molecule has 0 amide bonds. The van der Waals surface area contributed by atoms with Crippen LogP contribution < -0.4 is 9.46 Å². The molecule has 3 rings (SSSR count). The van der Waals surface area contributed by atoms with E-state index >= 15 is 0 Å². The van der Waals surface area contributed by atoms with E-state index < -0.39 is 22.6 Å². The van der Waals surface area contributed by atoms with E-state index in [0.717, 1.165) is 5.56 Å². The average molecular weight is 439 g/mol. The minimum Gasteiger partial charge on any atom is -0.497 e. The third-order valence-corrected chi connectivity index (χ3v) is 5.83. The van der Waals surface area contributed by atoms with Gasteiger partial charge in [-0.1, -0.05) is 29.8 Å². The highest BCUT2D eigenvalue weighted by Crippen LogP contribution is 2.18. The number of sulfonamides is 1. The van der Waals surface area contributed by atoms with Gasteiger partial charge in [0, 0.05) is 11.3 Å². The van der Waals surface area contributed by atoms with E-state index in [1.807, 2.05) is 6.92 Å². The normalized spacial score (nSPS) is 10.9. The van der Waals surface area contributed by atoms with Gasteiger partial charge >= 0.3 is 5.97 Å². The molecule has 0 radical (unpaired) electrons. The van der Waals surface area contributed by atoms with Crippen LogP contribution in [0.25, 0.3) is 0 Å². The topological polar surface area (TPSA) is 98.8 Å². The number of hydrogen-bond donors (Lipinski definition) is 1. The van der Waals surface area contributed by atoms with Gasteiger partial charge in [-0.2, -0.15) is 0 Å². The molecule has 0 aromatic heterocycles. The highest BCUT2D eigenvalue weighted by atomic mass is 32.2. The van der Waals surface area contributed by atoms with E-state index in [9.17, 15) is 18.0 Å². The third kappa shape index (κ3) is 5.70. The molecule has 0 aliphatic heterocycles. The van der Waals surface area contributed by atoms with Gasteiger partial charge < -0.3 is 9.47 Å². The van der Waals surface area contributed by atoms with Crippen LogP contribution in [0.4, 0.5) is 5.69 Å². The fourth-order valence-corrected chi connectivity index (χ4v) is 3.76. The lowest BCUT2D eigenvalue weighted by Gasteiger charge is -2.09. The number of hydrogen-bond acceptors (Lipinski definition) is 6. The van der Waals surface area contributed by atoms with Gasteiger partial charge in [-0.15, -0.1) is 0 Å². The molecule has 0 fully saturated rings. The molecule has 3 aromatic carbocycles. The monoisotopic (exact) mass is 439 g/mol. The number of esters is 1. The van der Waals surface area contributed by atoms with Crippen LogP contribution in [0.3, 0.4) is 0 Å². The summed E-state index contributed by atoms with van der Waals surface area (Å²) in [6.07, 6.45) is 0. The lowest BCUT2D eigenvalue weighted by atomic mass is 10.1. The molecule has 3 aromatic rings. The Morgan fingerprint density at radius 3 is 2.23 bits per heavy atom. The van der Waals surface area contributed by atoms with Crippen molar-refractivity contribution in [2.24, 2.45) is 0 Å². The van der Waals surface area contributed by atoms with E-state index in [1.54, 1.807) is 48.5 Å². The van der Waals surface area contributed by atoms with Crippen LogP contribution in [0.15, 0.2) is 77.7 Å².